The molecular weight excluding hydrogens is 306 g/mol. The first-order chi connectivity index (χ1) is 10.1. The molecule has 1 unspecified atom stereocenters. The SMILES string of the molecule is CCCC(Oc1cc2sc(C)nc2c2sccc12)C(=O)O. The number of aryl methyl sites for hydroxylation is 1. The molecule has 0 aliphatic heterocycles. The van der Waals surface area contributed by atoms with Crippen molar-refractivity contribution in [3.8, 4) is 5.75 Å². The molecule has 3 rings (SSSR count). The second kappa shape index (κ2) is 5.61. The number of hydrogen-bond donors (Lipinski definition) is 1. The van der Waals surface area contributed by atoms with Crippen LogP contribution in [0.1, 0.15) is 24.8 Å². The summed E-state index contributed by atoms with van der Waals surface area (Å²) in [7, 11) is 0. The minimum Gasteiger partial charge on any atom is -0.479 e. The maximum atomic E-state index is 11.3. The molecule has 4 nitrogen and oxygen atoms in total. The van der Waals surface area contributed by atoms with E-state index in [1.165, 1.54) is 0 Å². The topological polar surface area (TPSA) is 59.4 Å². The van der Waals surface area contributed by atoms with Crippen LogP contribution >= 0.6 is 22.7 Å². The Hall–Kier alpha value is -1.66. The average molecular weight is 321 g/mol. The summed E-state index contributed by atoms with van der Waals surface area (Å²) in [6, 6.07) is 3.88. The van der Waals surface area contributed by atoms with E-state index >= 15 is 0 Å². The second-order valence-corrected chi connectivity index (χ2v) is 7.00. The number of carboxylic acids is 1. The largest absolute Gasteiger partial charge is 0.479 e. The first-order valence-electron chi connectivity index (χ1n) is 6.77. The zero-order valence-electron chi connectivity index (χ0n) is 11.8. The van der Waals surface area contributed by atoms with Crippen LogP contribution in [-0.2, 0) is 4.79 Å². The number of aromatic nitrogens is 1. The average Bonchev–Trinajstić information content (AvgIpc) is 3.03. The summed E-state index contributed by atoms with van der Waals surface area (Å²) < 4.78 is 7.89. The number of fused-ring (bicyclic) bond motifs is 3. The predicted molar refractivity (Wildman–Crippen MR) is 86.7 cm³/mol. The molecule has 0 bridgehead atoms. The van der Waals surface area contributed by atoms with Gasteiger partial charge in [-0.15, -0.1) is 22.7 Å². The van der Waals surface area contributed by atoms with E-state index in [1.54, 1.807) is 22.7 Å². The Kier molecular flexibility index (Phi) is 3.82. The Morgan fingerprint density at radius 2 is 2.33 bits per heavy atom. The van der Waals surface area contributed by atoms with Gasteiger partial charge in [0.25, 0.3) is 0 Å². The fraction of sp³-hybridized carbons (Fsp3) is 0.333. The summed E-state index contributed by atoms with van der Waals surface area (Å²) in [5, 5.41) is 13.2. The molecule has 0 spiro atoms. The molecular formula is C15H15NO3S2. The smallest absolute Gasteiger partial charge is 0.344 e. The van der Waals surface area contributed by atoms with Crippen molar-refractivity contribution in [1.82, 2.24) is 4.98 Å². The van der Waals surface area contributed by atoms with Crippen LogP contribution in [0.5, 0.6) is 5.75 Å². The maximum Gasteiger partial charge on any atom is 0.344 e. The van der Waals surface area contributed by atoms with Crippen LogP contribution in [0.3, 0.4) is 0 Å². The summed E-state index contributed by atoms with van der Waals surface area (Å²) in [5.41, 5.74) is 0.984. The molecule has 0 aliphatic rings. The van der Waals surface area contributed by atoms with E-state index in [-0.39, 0.29) is 0 Å². The summed E-state index contributed by atoms with van der Waals surface area (Å²) in [5.74, 6) is -0.274. The van der Waals surface area contributed by atoms with Crippen LogP contribution < -0.4 is 4.74 Å². The summed E-state index contributed by atoms with van der Waals surface area (Å²) >= 11 is 3.21. The highest BCUT2D eigenvalue weighted by Crippen LogP contribution is 2.39. The first-order valence-corrected chi connectivity index (χ1v) is 8.46. The zero-order chi connectivity index (χ0) is 15.0. The number of hydrogen-bond acceptors (Lipinski definition) is 5. The minimum absolute atomic E-state index is 0.501. The lowest BCUT2D eigenvalue weighted by Gasteiger charge is -2.15. The Morgan fingerprint density at radius 3 is 3.05 bits per heavy atom. The molecule has 2 heterocycles. The Balaban J connectivity index is 2.11. The monoisotopic (exact) mass is 321 g/mol. The van der Waals surface area contributed by atoms with Gasteiger partial charge in [-0.1, -0.05) is 13.3 Å². The fourth-order valence-electron chi connectivity index (χ4n) is 2.33. The van der Waals surface area contributed by atoms with Crippen molar-refractivity contribution in [2.24, 2.45) is 0 Å². The van der Waals surface area contributed by atoms with E-state index in [1.807, 2.05) is 31.4 Å². The van der Waals surface area contributed by atoms with E-state index in [4.69, 9.17) is 4.74 Å². The zero-order valence-corrected chi connectivity index (χ0v) is 13.4. The molecule has 0 aliphatic carbocycles. The highest BCUT2D eigenvalue weighted by atomic mass is 32.1. The van der Waals surface area contributed by atoms with Crippen LogP contribution in [0.25, 0.3) is 20.3 Å². The standard InChI is InChI=1S/C15H15NO3S2/c1-3-4-10(15(17)18)19-11-7-12-13(16-8(2)21-12)14-9(11)5-6-20-14/h5-7,10H,3-4H2,1-2H3,(H,17,18). The second-order valence-electron chi connectivity index (χ2n) is 4.85. The van der Waals surface area contributed by atoms with Gasteiger partial charge in [0.2, 0.25) is 0 Å². The molecule has 110 valence electrons. The van der Waals surface area contributed by atoms with E-state index in [0.29, 0.717) is 12.2 Å². The Morgan fingerprint density at radius 1 is 1.52 bits per heavy atom. The van der Waals surface area contributed by atoms with Crippen LogP contribution in [0.4, 0.5) is 0 Å². The number of nitrogens with zero attached hydrogens (tertiary/aromatic N) is 1. The number of aliphatic carboxylic acids is 1. The Bertz CT molecular complexity index is 806. The van der Waals surface area contributed by atoms with Crippen LogP contribution in [0, 0.1) is 6.92 Å². The van der Waals surface area contributed by atoms with Gasteiger partial charge in [-0.25, -0.2) is 9.78 Å². The van der Waals surface area contributed by atoms with Gasteiger partial charge in [-0.3, -0.25) is 0 Å². The number of rotatable bonds is 5. The van der Waals surface area contributed by atoms with Gasteiger partial charge >= 0.3 is 5.97 Å². The van der Waals surface area contributed by atoms with Gasteiger partial charge in [0, 0.05) is 11.5 Å². The lowest BCUT2D eigenvalue weighted by Crippen LogP contribution is -2.26. The molecule has 0 radical (unpaired) electrons. The lowest BCUT2D eigenvalue weighted by molar-refractivity contribution is -0.145. The van der Waals surface area contributed by atoms with Gasteiger partial charge in [-0.05, 0) is 24.8 Å². The van der Waals surface area contributed by atoms with Crippen molar-refractivity contribution in [2.75, 3.05) is 0 Å². The summed E-state index contributed by atoms with van der Waals surface area (Å²) in [6.45, 7) is 3.93. The van der Waals surface area contributed by atoms with E-state index < -0.39 is 12.1 Å². The lowest BCUT2D eigenvalue weighted by atomic mass is 10.2. The molecule has 0 saturated heterocycles. The van der Waals surface area contributed by atoms with Crippen molar-refractivity contribution in [3.63, 3.8) is 0 Å². The number of benzene rings is 1. The molecule has 6 heteroatoms. The number of carbonyl (C=O) groups is 1. The summed E-state index contributed by atoms with van der Waals surface area (Å²) in [4.78, 5) is 15.9. The quantitative estimate of drug-likeness (QED) is 0.754. The molecule has 0 saturated carbocycles. The van der Waals surface area contributed by atoms with Crippen molar-refractivity contribution >= 4 is 48.9 Å². The number of thiazole rings is 1. The molecule has 1 atom stereocenters. The van der Waals surface area contributed by atoms with E-state index in [9.17, 15) is 9.90 Å². The molecule has 0 fully saturated rings. The van der Waals surface area contributed by atoms with Crippen LogP contribution in [0.2, 0.25) is 0 Å². The minimum atomic E-state index is -0.916. The van der Waals surface area contributed by atoms with E-state index in [2.05, 4.69) is 4.98 Å². The maximum absolute atomic E-state index is 11.3. The molecule has 1 aromatic carbocycles. The molecule has 0 amide bonds. The van der Waals surface area contributed by atoms with Crippen molar-refractivity contribution in [1.29, 1.82) is 0 Å². The van der Waals surface area contributed by atoms with Crippen LogP contribution in [-0.4, -0.2) is 22.2 Å². The van der Waals surface area contributed by atoms with Crippen molar-refractivity contribution in [3.05, 3.63) is 22.5 Å². The number of thiophene rings is 1. The molecule has 2 aromatic heterocycles. The third-order valence-corrected chi connectivity index (χ3v) is 5.10. The van der Waals surface area contributed by atoms with Gasteiger partial charge < -0.3 is 9.84 Å². The van der Waals surface area contributed by atoms with Gasteiger partial charge in [0.1, 0.15) is 5.75 Å². The third kappa shape index (κ3) is 2.61. The fourth-order valence-corrected chi connectivity index (χ4v) is 4.17. The van der Waals surface area contributed by atoms with Crippen molar-refractivity contribution < 1.29 is 14.6 Å². The summed E-state index contributed by atoms with van der Waals surface area (Å²) in [6.07, 6.45) is 0.469. The normalized spacial score (nSPS) is 12.9. The predicted octanol–water partition coefficient (Wildman–Crippen LogP) is 4.45. The molecule has 1 N–H and O–H groups in total. The van der Waals surface area contributed by atoms with Gasteiger partial charge in [0.05, 0.1) is 19.9 Å². The first kappa shape index (κ1) is 14.3. The molecule has 3 aromatic rings. The highest BCUT2D eigenvalue weighted by Gasteiger charge is 2.21. The van der Waals surface area contributed by atoms with Gasteiger partial charge in [0.15, 0.2) is 6.10 Å². The van der Waals surface area contributed by atoms with Crippen molar-refractivity contribution in [2.45, 2.75) is 32.8 Å². The highest BCUT2D eigenvalue weighted by molar-refractivity contribution is 7.21. The molecule has 21 heavy (non-hydrogen) atoms. The number of ether oxygens (including phenoxy) is 1. The Labute approximate surface area is 130 Å². The number of carboxylic acid groups (broad SMARTS) is 1. The third-order valence-electron chi connectivity index (χ3n) is 3.26. The van der Waals surface area contributed by atoms with Crippen LogP contribution in [0.15, 0.2) is 17.5 Å². The van der Waals surface area contributed by atoms with E-state index in [0.717, 1.165) is 31.7 Å². The van der Waals surface area contributed by atoms with Gasteiger partial charge in [-0.2, -0.15) is 0 Å².